The zero-order valence-electron chi connectivity index (χ0n) is 26.9. The fourth-order valence-electron chi connectivity index (χ4n) is 3.19. The summed E-state index contributed by atoms with van der Waals surface area (Å²) in [7, 11) is 1.35. The lowest BCUT2D eigenvalue weighted by Gasteiger charge is -2.09. The molecule has 258 valence electrons. The number of methoxy groups -OCH3 is 1. The number of unbranched alkanes of at least 4 members (excludes halogenated alkanes) is 3. The van der Waals surface area contributed by atoms with E-state index in [9.17, 15) is 4.79 Å². The molecule has 0 aliphatic rings. The molecule has 0 aliphatic carbocycles. The van der Waals surface area contributed by atoms with E-state index in [1.165, 1.54) is 26.4 Å². The van der Waals surface area contributed by atoms with Crippen LogP contribution in [0, 0.1) is 0 Å². The Morgan fingerprint density at radius 2 is 0.605 bits per heavy atom. The quantitative estimate of drug-likeness (QED) is 0.0734. The SMILES string of the molecule is CCCCCCOCCOCCOCCOCCOCCOCCOCCOCCOCCOCCOCCC(=O)OC. The van der Waals surface area contributed by atoms with Crippen molar-refractivity contribution in [2.24, 2.45) is 0 Å². The van der Waals surface area contributed by atoms with Crippen molar-refractivity contribution in [3.63, 3.8) is 0 Å². The third-order valence-corrected chi connectivity index (χ3v) is 5.54. The number of hydrogen-bond acceptors (Lipinski definition) is 13. The van der Waals surface area contributed by atoms with E-state index in [0.717, 1.165) is 13.0 Å². The van der Waals surface area contributed by atoms with Gasteiger partial charge >= 0.3 is 5.97 Å². The molecule has 0 saturated heterocycles. The molecule has 43 heavy (non-hydrogen) atoms. The zero-order valence-corrected chi connectivity index (χ0v) is 26.9. The maximum absolute atomic E-state index is 10.9. The van der Waals surface area contributed by atoms with Crippen LogP contribution in [0.2, 0.25) is 0 Å². The van der Waals surface area contributed by atoms with E-state index in [4.69, 9.17) is 52.1 Å². The fourth-order valence-corrected chi connectivity index (χ4v) is 3.19. The molecular weight excluding hydrogens is 568 g/mol. The third-order valence-electron chi connectivity index (χ3n) is 5.54. The molecule has 0 aromatic rings. The van der Waals surface area contributed by atoms with Gasteiger partial charge in [-0.25, -0.2) is 0 Å². The third kappa shape index (κ3) is 39.0. The normalized spacial score (nSPS) is 11.4. The minimum atomic E-state index is -0.284. The number of ether oxygens (including phenoxy) is 12. The van der Waals surface area contributed by atoms with Gasteiger partial charge in [-0.1, -0.05) is 26.2 Å². The molecule has 0 amide bonds. The highest BCUT2D eigenvalue weighted by molar-refractivity contribution is 5.69. The van der Waals surface area contributed by atoms with Gasteiger partial charge in [0.05, 0.1) is 152 Å². The Morgan fingerprint density at radius 1 is 0.349 bits per heavy atom. The second-order valence-electron chi connectivity index (χ2n) is 9.12. The molecule has 0 atom stereocenters. The molecule has 0 N–H and O–H groups in total. The lowest BCUT2D eigenvalue weighted by atomic mass is 10.2. The number of esters is 1. The summed E-state index contributed by atoms with van der Waals surface area (Å²) in [5.41, 5.74) is 0. The minimum Gasteiger partial charge on any atom is -0.469 e. The Balaban J connectivity index is 3.04. The smallest absolute Gasteiger partial charge is 0.307 e. The Labute approximate surface area is 259 Å². The second kappa shape index (κ2) is 39.1. The van der Waals surface area contributed by atoms with Crippen molar-refractivity contribution in [2.75, 3.05) is 152 Å². The molecule has 0 heterocycles. The summed E-state index contributed by atoms with van der Waals surface area (Å²) in [6.45, 7) is 13.7. The molecule has 0 unspecified atom stereocenters. The van der Waals surface area contributed by atoms with Crippen molar-refractivity contribution < 1.29 is 61.6 Å². The average Bonchev–Trinajstić information content (AvgIpc) is 3.02. The molecule has 0 rings (SSSR count). The monoisotopic (exact) mass is 628 g/mol. The van der Waals surface area contributed by atoms with Gasteiger partial charge in [-0.15, -0.1) is 0 Å². The first-order valence-electron chi connectivity index (χ1n) is 15.7. The summed E-state index contributed by atoms with van der Waals surface area (Å²) in [5.74, 6) is -0.284. The topological polar surface area (TPSA) is 128 Å². The predicted octanol–water partition coefficient (Wildman–Crippen LogP) is 2.31. The number of hydrogen-bond donors (Lipinski definition) is 0. The summed E-state index contributed by atoms with van der Waals surface area (Å²) < 4.78 is 64.4. The van der Waals surface area contributed by atoms with E-state index in [1.807, 2.05) is 0 Å². The number of rotatable bonds is 38. The van der Waals surface area contributed by atoms with E-state index in [1.54, 1.807) is 0 Å². The standard InChI is InChI=1S/C30H60O13/c1-3-4-5-6-8-33-10-12-35-14-16-37-18-20-39-22-24-41-26-28-43-29-27-42-25-23-40-21-19-38-17-15-36-13-11-34-9-7-30(31)32-2/h3-29H2,1-2H3. The van der Waals surface area contributed by atoms with Crippen LogP contribution in [0.5, 0.6) is 0 Å². The first kappa shape index (κ1) is 42.0. The van der Waals surface area contributed by atoms with Gasteiger partial charge in [-0.3, -0.25) is 4.79 Å². The Bertz CT molecular complexity index is 528. The van der Waals surface area contributed by atoms with Crippen LogP contribution in [0.3, 0.4) is 0 Å². The van der Waals surface area contributed by atoms with E-state index in [-0.39, 0.29) is 12.4 Å². The van der Waals surface area contributed by atoms with Crippen LogP contribution in [-0.4, -0.2) is 158 Å². The summed E-state index contributed by atoms with van der Waals surface area (Å²) >= 11 is 0. The summed E-state index contributed by atoms with van der Waals surface area (Å²) in [6.07, 6.45) is 5.13. The van der Waals surface area contributed by atoms with Gasteiger partial charge < -0.3 is 56.8 Å². The van der Waals surface area contributed by atoms with Gasteiger partial charge in [0.15, 0.2) is 0 Å². The van der Waals surface area contributed by atoms with Crippen LogP contribution in [0.4, 0.5) is 0 Å². The van der Waals surface area contributed by atoms with Gasteiger partial charge in [0, 0.05) is 6.61 Å². The molecule has 0 radical (unpaired) electrons. The number of carbonyl (C=O) groups is 1. The van der Waals surface area contributed by atoms with Gasteiger partial charge in [0.1, 0.15) is 0 Å². The largest absolute Gasteiger partial charge is 0.469 e. The van der Waals surface area contributed by atoms with Crippen LogP contribution in [0.1, 0.15) is 39.0 Å². The molecule has 13 nitrogen and oxygen atoms in total. The maximum Gasteiger partial charge on any atom is 0.307 e. The summed E-state index contributed by atoms with van der Waals surface area (Å²) in [4.78, 5) is 10.9. The van der Waals surface area contributed by atoms with Crippen LogP contribution in [0.25, 0.3) is 0 Å². The van der Waals surface area contributed by atoms with Gasteiger partial charge in [0.2, 0.25) is 0 Å². The predicted molar refractivity (Wildman–Crippen MR) is 160 cm³/mol. The van der Waals surface area contributed by atoms with Gasteiger partial charge in [0.25, 0.3) is 0 Å². The molecule has 0 aromatic heterocycles. The van der Waals surface area contributed by atoms with Gasteiger partial charge in [-0.2, -0.15) is 0 Å². The molecule has 13 heteroatoms. The molecule has 0 aromatic carbocycles. The van der Waals surface area contributed by atoms with Crippen LogP contribution in [0.15, 0.2) is 0 Å². The summed E-state index contributed by atoms with van der Waals surface area (Å²) in [5, 5.41) is 0. The second-order valence-corrected chi connectivity index (χ2v) is 9.12. The van der Waals surface area contributed by atoms with Crippen molar-refractivity contribution >= 4 is 5.97 Å². The van der Waals surface area contributed by atoms with E-state index in [2.05, 4.69) is 11.7 Å². The maximum atomic E-state index is 10.9. The van der Waals surface area contributed by atoms with Crippen molar-refractivity contribution in [1.29, 1.82) is 0 Å². The van der Waals surface area contributed by atoms with E-state index in [0.29, 0.717) is 139 Å². The first-order chi connectivity index (χ1) is 21.3. The number of carbonyl (C=O) groups excluding carboxylic acids is 1. The van der Waals surface area contributed by atoms with E-state index < -0.39 is 0 Å². The first-order valence-corrected chi connectivity index (χ1v) is 15.7. The van der Waals surface area contributed by atoms with E-state index >= 15 is 0 Å². The zero-order chi connectivity index (χ0) is 31.2. The molecule has 0 aliphatic heterocycles. The van der Waals surface area contributed by atoms with Crippen molar-refractivity contribution in [3.05, 3.63) is 0 Å². The highest BCUT2D eigenvalue weighted by Gasteiger charge is 1.99. The van der Waals surface area contributed by atoms with Crippen LogP contribution >= 0.6 is 0 Å². The molecule has 0 fully saturated rings. The molecular formula is C30H60O13. The van der Waals surface area contributed by atoms with Crippen LogP contribution in [-0.2, 0) is 61.6 Å². The highest BCUT2D eigenvalue weighted by atomic mass is 16.6. The van der Waals surface area contributed by atoms with Crippen molar-refractivity contribution in [2.45, 2.75) is 39.0 Å². The fraction of sp³-hybridized carbons (Fsp3) is 0.967. The van der Waals surface area contributed by atoms with Crippen molar-refractivity contribution in [1.82, 2.24) is 0 Å². The highest BCUT2D eigenvalue weighted by Crippen LogP contribution is 1.98. The molecule has 0 saturated carbocycles. The molecule has 0 spiro atoms. The Kier molecular flexibility index (Phi) is 38.2. The van der Waals surface area contributed by atoms with Gasteiger partial charge in [-0.05, 0) is 6.42 Å². The lowest BCUT2D eigenvalue weighted by molar-refractivity contribution is -0.141. The Hall–Kier alpha value is -0.970. The van der Waals surface area contributed by atoms with Crippen LogP contribution < -0.4 is 0 Å². The lowest BCUT2D eigenvalue weighted by Crippen LogP contribution is -2.15. The minimum absolute atomic E-state index is 0.247. The average molecular weight is 629 g/mol. The van der Waals surface area contributed by atoms with Crippen molar-refractivity contribution in [3.8, 4) is 0 Å². The molecule has 0 bridgehead atoms. The Morgan fingerprint density at radius 3 is 0.860 bits per heavy atom. The summed E-state index contributed by atoms with van der Waals surface area (Å²) in [6, 6.07) is 0.